The van der Waals surface area contributed by atoms with Crippen LogP contribution >= 0.6 is 11.6 Å². The Kier molecular flexibility index (Phi) is 2.09. The van der Waals surface area contributed by atoms with Crippen LogP contribution in [-0.2, 0) is 11.3 Å². The number of rotatable bonds is 1. The second-order valence-corrected chi connectivity index (χ2v) is 3.20. The first kappa shape index (κ1) is 8.96. The van der Waals surface area contributed by atoms with Crippen molar-refractivity contribution in [3.63, 3.8) is 0 Å². The zero-order valence-corrected chi connectivity index (χ0v) is 7.78. The Bertz CT molecular complexity index is 478. The number of halogens is 1. The van der Waals surface area contributed by atoms with E-state index in [9.17, 15) is 9.59 Å². The maximum atomic E-state index is 11.0. The molecule has 72 valence electrons. The summed E-state index contributed by atoms with van der Waals surface area (Å²) in [6.45, 7) is 0.331. The number of nitrogens with zero attached hydrogens (tertiary/aromatic N) is 2. The number of carbonyl (C=O) groups excluding carboxylic acids is 1. The molecule has 0 fully saturated rings. The standard InChI is InChI=1S/C8H6ClN3O2/c9-6-1-7(14)11-8-10-2-5(4-13)3-12(6)8/h1-2,4H,3H2,(H,10,11,14). The minimum atomic E-state index is -0.406. The van der Waals surface area contributed by atoms with Gasteiger partial charge < -0.3 is 5.32 Å². The summed E-state index contributed by atoms with van der Waals surface area (Å²) in [7, 11) is 0. The van der Waals surface area contributed by atoms with Gasteiger partial charge in [0.25, 0.3) is 5.56 Å². The lowest BCUT2D eigenvalue weighted by atomic mass is 10.3. The Balaban J connectivity index is 2.53. The molecule has 2 rings (SSSR count). The minimum absolute atomic E-state index is 0.264. The van der Waals surface area contributed by atoms with Crippen LogP contribution in [-0.4, -0.2) is 15.8 Å². The number of aromatic nitrogens is 2. The molecule has 1 aromatic heterocycles. The van der Waals surface area contributed by atoms with Crippen molar-refractivity contribution in [2.45, 2.75) is 6.54 Å². The fraction of sp³-hybridized carbons (Fsp3) is 0.125. The van der Waals surface area contributed by atoms with Gasteiger partial charge in [0, 0.05) is 17.8 Å². The van der Waals surface area contributed by atoms with Crippen molar-refractivity contribution in [1.29, 1.82) is 0 Å². The lowest BCUT2D eigenvalue weighted by Crippen LogP contribution is -2.21. The summed E-state index contributed by atoms with van der Waals surface area (Å²) in [6.07, 6.45) is 2.23. The highest BCUT2D eigenvalue weighted by molar-refractivity contribution is 6.29. The Morgan fingerprint density at radius 2 is 2.43 bits per heavy atom. The summed E-state index contributed by atoms with van der Waals surface area (Å²) in [4.78, 5) is 25.2. The highest BCUT2D eigenvalue weighted by Crippen LogP contribution is 2.17. The Morgan fingerprint density at radius 1 is 1.64 bits per heavy atom. The van der Waals surface area contributed by atoms with Crippen molar-refractivity contribution >= 4 is 23.8 Å². The van der Waals surface area contributed by atoms with Crippen molar-refractivity contribution in [2.24, 2.45) is 0 Å². The van der Waals surface area contributed by atoms with Crippen LogP contribution in [0, 0.1) is 0 Å². The molecule has 5 nitrogen and oxygen atoms in total. The maximum Gasteiger partial charge on any atom is 0.275 e. The van der Waals surface area contributed by atoms with E-state index in [1.165, 1.54) is 12.3 Å². The van der Waals surface area contributed by atoms with E-state index in [4.69, 9.17) is 11.6 Å². The van der Waals surface area contributed by atoms with Gasteiger partial charge in [-0.05, 0) is 0 Å². The van der Waals surface area contributed by atoms with Gasteiger partial charge >= 0.3 is 0 Å². The van der Waals surface area contributed by atoms with E-state index >= 15 is 0 Å². The molecule has 0 atom stereocenters. The van der Waals surface area contributed by atoms with E-state index in [1.54, 1.807) is 4.57 Å². The van der Waals surface area contributed by atoms with Gasteiger partial charge in [-0.1, -0.05) is 11.6 Å². The first-order chi connectivity index (χ1) is 6.70. The van der Waals surface area contributed by atoms with Gasteiger partial charge in [-0.25, -0.2) is 0 Å². The fourth-order valence-corrected chi connectivity index (χ4v) is 1.43. The zero-order chi connectivity index (χ0) is 10.1. The van der Waals surface area contributed by atoms with Crippen molar-refractivity contribution < 1.29 is 4.79 Å². The lowest BCUT2D eigenvalue weighted by Gasteiger charge is -2.17. The number of allylic oxidation sites excluding steroid dienone is 1. The van der Waals surface area contributed by atoms with Crippen LogP contribution in [0.4, 0.5) is 5.95 Å². The van der Waals surface area contributed by atoms with Crippen LogP contribution < -0.4 is 10.9 Å². The van der Waals surface area contributed by atoms with E-state index in [0.717, 1.165) is 6.29 Å². The number of hydrogen-bond acceptors (Lipinski definition) is 4. The summed E-state index contributed by atoms with van der Waals surface area (Å²) in [5.74, 6) is 0.355. The van der Waals surface area contributed by atoms with Crippen LogP contribution in [0.1, 0.15) is 0 Å². The predicted octanol–water partition coefficient (Wildman–Crippen LogP) is 0.405. The molecule has 0 radical (unpaired) electrons. The summed E-state index contributed by atoms with van der Waals surface area (Å²) < 4.78 is 1.55. The number of aldehydes is 1. The first-order valence-corrected chi connectivity index (χ1v) is 4.26. The molecule has 0 saturated heterocycles. The summed E-state index contributed by atoms with van der Waals surface area (Å²) in [5, 5.41) is 2.98. The molecule has 1 N–H and O–H groups in total. The minimum Gasteiger partial charge on any atom is -0.332 e. The summed E-state index contributed by atoms with van der Waals surface area (Å²) >= 11 is 5.81. The van der Waals surface area contributed by atoms with Crippen LogP contribution in [0.25, 0.3) is 0 Å². The number of hydrogen-bond donors (Lipinski definition) is 1. The quantitative estimate of drug-likeness (QED) is 0.540. The smallest absolute Gasteiger partial charge is 0.275 e. The molecular formula is C8H6ClN3O2. The van der Waals surface area contributed by atoms with Crippen LogP contribution in [0.2, 0.25) is 5.15 Å². The highest BCUT2D eigenvalue weighted by atomic mass is 35.5. The van der Waals surface area contributed by atoms with E-state index in [2.05, 4.69) is 10.3 Å². The van der Waals surface area contributed by atoms with Gasteiger partial charge in [-0.3, -0.25) is 14.2 Å². The molecule has 1 aromatic rings. The van der Waals surface area contributed by atoms with E-state index in [1.807, 2.05) is 0 Å². The molecule has 6 heteroatoms. The van der Waals surface area contributed by atoms with E-state index in [0.29, 0.717) is 18.1 Å². The molecule has 14 heavy (non-hydrogen) atoms. The molecule has 0 unspecified atom stereocenters. The molecule has 1 aliphatic rings. The van der Waals surface area contributed by atoms with Crippen molar-refractivity contribution in [3.05, 3.63) is 33.3 Å². The zero-order valence-electron chi connectivity index (χ0n) is 7.03. The fourth-order valence-electron chi connectivity index (χ4n) is 1.20. The van der Waals surface area contributed by atoms with Crippen molar-refractivity contribution in [3.8, 4) is 0 Å². The average molecular weight is 212 g/mol. The van der Waals surface area contributed by atoms with Gasteiger partial charge in [0.2, 0.25) is 5.95 Å². The van der Waals surface area contributed by atoms with E-state index < -0.39 is 5.56 Å². The first-order valence-electron chi connectivity index (χ1n) is 3.89. The van der Waals surface area contributed by atoms with Gasteiger partial charge in [-0.15, -0.1) is 0 Å². The third-order valence-corrected chi connectivity index (χ3v) is 2.16. The topological polar surface area (TPSA) is 64.0 Å². The van der Waals surface area contributed by atoms with Crippen molar-refractivity contribution in [2.75, 3.05) is 5.32 Å². The molecule has 0 saturated carbocycles. The lowest BCUT2D eigenvalue weighted by molar-refractivity contribution is -0.105. The largest absolute Gasteiger partial charge is 0.332 e. The Labute approximate surface area is 84.0 Å². The summed E-state index contributed by atoms with van der Waals surface area (Å²) in [6, 6.07) is 1.21. The molecule has 1 aliphatic heterocycles. The third-order valence-electron chi connectivity index (χ3n) is 1.85. The molecule has 0 aliphatic carbocycles. The van der Waals surface area contributed by atoms with Crippen LogP contribution in [0.5, 0.6) is 0 Å². The van der Waals surface area contributed by atoms with Crippen LogP contribution in [0.3, 0.4) is 0 Å². The second-order valence-electron chi connectivity index (χ2n) is 2.81. The van der Waals surface area contributed by atoms with Crippen molar-refractivity contribution in [1.82, 2.24) is 9.55 Å². The SMILES string of the molecule is O=CC1=CNc2nc(=O)cc(Cl)n2C1. The monoisotopic (exact) mass is 211 g/mol. The van der Waals surface area contributed by atoms with Gasteiger partial charge in [0.15, 0.2) is 0 Å². The average Bonchev–Trinajstić information content (AvgIpc) is 2.17. The molecular weight excluding hydrogens is 206 g/mol. The van der Waals surface area contributed by atoms with E-state index in [-0.39, 0.29) is 5.15 Å². The number of anilines is 1. The second kappa shape index (κ2) is 3.26. The summed E-state index contributed by atoms with van der Waals surface area (Å²) in [5.41, 5.74) is 0.140. The molecule has 0 amide bonds. The highest BCUT2D eigenvalue weighted by Gasteiger charge is 2.12. The number of carbonyl (C=O) groups is 1. The maximum absolute atomic E-state index is 11.0. The number of nitrogens with one attached hydrogen (secondary N) is 1. The molecule has 0 aromatic carbocycles. The Hall–Kier alpha value is -1.62. The molecule has 2 heterocycles. The molecule has 0 spiro atoms. The van der Waals surface area contributed by atoms with Gasteiger partial charge in [0.1, 0.15) is 11.4 Å². The Morgan fingerprint density at radius 3 is 3.14 bits per heavy atom. The van der Waals surface area contributed by atoms with Gasteiger partial charge in [0.05, 0.1) is 6.54 Å². The third kappa shape index (κ3) is 1.42. The normalized spacial score (nSPS) is 13.9. The predicted molar refractivity (Wildman–Crippen MR) is 51.3 cm³/mol. The molecule has 0 bridgehead atoms. The van der Waals surface area contributed by atoms with Gasteiger partial charge in [-0.2, -0.15) is 4.98 Å². The number of fused-ring (bicyclic) bond motifs is 1. The van der Waals surface area contributed by atoms with Crippen LogP contribution in [0.15, 0.2) is 22.6 Å².